The zero-order chi connectivity index (χ0) is 0. The molecule has 4 heavy (non-hydrogen) atoms. The SMILES string of the molecule is N.[Fe].[Sm].[Sm]. The first-order valence-electron chi connectivity index (χ1n) is 0. The van der Waals surface area contributed by atoms with E-state index in [2.05, 4.69) is 0 Å². The van der Waals surface area contributed by atoms with Crippen LogP contribution in [0.5, 0.6) is 0 Å². The molecule has 0 saturated carbocycles. The van der Waals surface area contributed by atoms with E-state index in [0.29, 0.717) is 0 Å². The topological polar surface area (TPSA) is 35.0 Å². The first-order valence-corrected chi connectivity index (χ1v) is 0. The summed E-state index contributed by atoms with van der Waals surface area (Å²) in [7, 11) is 0. The second-order valence-corrected chi connectivity index (χ2v) is 0. The number of hydrogen-bond acceptors (Lipinski definition) is 1. The van der Waals surface area contributed by atoms with Gasteiger partial charge in [-0.15, -0.1) is 0 Å². The molecular formula is H3FeNSm2. The zero-order valence-electron chi connectivity index (χ0n) is 1.88. The standard InChI is InChI=1S/Fe.H3N.2Sm/h;1H3;;. The van der Waals surface area contributed by atoms with Gasteiger partial charge in [0.15, 0.2) is 0 Å². The summed E-state index contributed by atoms with van der Waals surface area (Å²) < 4.78 is 0. The summed E-state index contributed by atoms with van der Waals surface area (Å²) >= 11 is 0. The molecule has 0 unspecified atom stereocenters. The summed E-state index contributed by atoms with van der Waals surface area (Å²) in [4.78, 5) is 0. The van der Waals surface area contributed by atoms with Crippen LogP contribution in [0.1, 0.15) is 0 Å². The van der Waals surface area contributed by atoms with Crippen molar-refractivity contribution in [3.05, 3.63) is 0 Å². The Hall–Kier alpha value is 3.15. The van der Waals surface area contributed by atoms with Gasteiger partial charge in [0.05, 0.1) is 0 Å². The molecule has 0 spiro atoms. The van der Waals surface area contributed by atoms with Crippen molar-refractivity contribution in [2.75, 3.05) is 0 Å². The van der Waals surface area contributed by atoms with Gasteiger partial charge in [-0.2, -0.15) is 0 Å². The van der Waals surface area contributed by atoms with Gasteiger partial charge in [0.25, 0.3) is 0 Å². The normalized spacial score (nSPS) is 0. The van der Waals surface area contributed by atoms with E-state index in [0.717, 1.165) is 0 Å². The van der Waals surface area contributed by atoms with Crippen LogP contribution in [-0.2, 0) is 17.1 Å². The molecule has 0 aliphatic carbocycles. The zero-order valence-corrected chi connectivity index (χ0v) is 8.22. The molecule has 0 bridgehead atoms. The summed E-state index contributed by atoms with van der Waals surface area (Å²) in [6, 6.07) is 0. The summed E-state index contributed by atoms with van der Waals surface area (Å²) in [5.74, 6) is 0. The monoisotopic (exact) mass is 377 g/mol. The van der Waals surface area contributed by atoms with Gasteiger partial charge in [-0.3, -0.25) is 0 Å². The fourth-order valence-corrected chi connectivity index (χ4v) is 0. The summed E-state index contributed by atoms with van der Waals surface area (Å²) in [6.45, 7) is 0. The van der Waals surface area contributed by atoms with Crippen LogP contribution in [0.15, 0.2) is 0 Å². The second kappa shape index (κ2) is 16.4. The van der Waals surface area contributed by atoms with Crippen LogP contribution < -0.4 is 6.15 Å². The molecule has 0 atom stereocenters. The third-order valence-corrected chi connectivity index (χ3v) is 0. The summed E-state index contributed by atoms with van der Waals surface area (Å²) in [5, 5.41) is 0. The molecule has 3 N–H and O–H groups in total. The molecule has 0 saturated heterocycles. The van der Waals surface area contributed by atoms with E-state index in [-0.39, 0.29) is 104 Å². The molecule has 0 aromatic carbocycles. The van der Waals surface area contributed by atoms with Gasteiger partial charge in [-0.05, 0) is 0 Å². The van der Waals surface area contributed by atoms with Gasteiger partial charge >= 0.3 is 0 Å². The Kier molecular flexibility index (Phi) is 112. The Morgan fingerprint density at radius 3 is 0.750 bits per heavy atom. The van der Waals surface area contributed by atoms with Crippen molar-refractivity contribution >= 4 is 0 Å². The van der Waals surface area contributed by atoms with Crippen molar-refractivity contribution < 1.29 is 97.8 Å². The van der Waals surface area contributed by atoms with Crippen LogP contribution in [-0.4, -0.2) is 0 Å². The minimum atomic E-state index is 0. The van der Waals surface area contributed by atoms with Crippen molar-refractivity contribution in [3.63, 3.8) is 0 Å². The fraction of sp³-hybridized carbons (Fsp3) is 0. The van der Waals surface area contributed by atoms with Gasteiger partial charge in [0, 0.05) is 97.8 Å². The van der Waals surface area contributed by atoms with Crippen molar-refractivity contribution in [2.24, 2.45) is 0 Å². The van der Waals surface area contributed by atoms with Crippen LogP contribution in [0.2, 0.25) is 0 Å². The van der Waals surface area contributed by atoms with Crippen molar-refractivity contribution in [2.45, 2.75) is 0 Å². The minimum absolute atomic E-state index is 0. The van der Waals surface area contributed by atoms with Crippen LogP contribution in [0.4, 0.5) is 0 Å². The number of rotatable bonds is 0. The first-order chi connectivity index (χ1) is 0. The molecule has 0 aliphatic heterocycles. The van der Waals surface area contributed by atoms with E-state index < -0.39 is 0 Å². The van der Waals surface area contributed by atoms with Crippen molar-refractivity contribution in [3.8, 4) is 0 Å². The average Bonchev–Trinajstić information content (AvgIpc) is 0. The number of hydrogen-bond donors (Lipinski definition) is 1. The molecule has 4 heteroatoms. The van der Waals surface area contributed by atoms with Crippen molar-refractivity contribution in [1.82, 2.24) is 6.15 Å². The van der Waals surface area contributed by atoms with Gasteiger partial charge in [-0.1, -0.05) is 0 Å². The van der Waals surface area contributed by atoms with E-state index in [1.165, 1.54) is 0 Å². The molecule has 1 nitrogen and oxygen atoms in total. The Labute approximate surface area is 101 Å². The Balaban J connectivity index is 0. The maximum absolute atomic E-state index is 0. The van der Waals surface area contributed by atoms with Crippen LogP contribution in [0.25, 0.3) is 0 Å². The summed E-state index contributed by atoms with van der Waals surface area (Å²) in [6.07, 6.45) is 0. The van der Waals surface area contributed by atoms with E-state index >= 15 is 0 Å². The van der Waals surface area contributed by atoms with Crippen LogP contribution in [0.3, 0.4) is 0 Å². The quantitative estimate of drug-likeness (QED) is 0.603. The predicted octanol–water partition coefficient (Wildman–Crippen LogP) is 0.159. The van der Waals surface area contributed by atoms with Crippen molar-refractivity contribution in [1.29, 1.82) is 0 Å². The molecule has 0 rings (SSSR count). The Morgan fingerprint density at radius 2 is 0.750 bits per heavy atom. The van der Waals surface area contributed by atoms with E-state index in [1.807, 2.05) is 0 Å². The Bertz CT molecular complexity index is 6.00. The maximum Gasteiger partial charge on any atom is 0 e. The van der Waals surface area contributed by atoms with E-state index in [9.17, 15) is 0 Å². The van der Waals surface area contributed by atoms with Crippen LogP contribution in [0, 0.1) is 80.8 Å². The van der Waals surface area contributed by atoms with Crippen LogP contribution >= 0.6 is 0 Å². The maximum atomic E-state index is 0. The average molecular weight is 374 g/mol. The molecule has 0 aliphatic rings. The molecule has 0 aromatic rings. The van der Waals surface area contributed by atoms with Gasteiger partial charge < -0.3 is 6.15 Å². The predicted molar refractivity (Wildman–Crippen MR) is 5.02 cm³/mol. The molecule has 0 fully saturated rings. The van der Waals surface area contributed by atoms with E-state index in [1.54, 1.807) is 0 Å². The molecule has 28 valence electrons. The second-order valence-electron chi connectivity index (χ2n) is 0. The molecule has 0 radical (unpaired) electrons. The largest absolute Gasteiger partial charge is 0.344 e. The first kappa shape index (κ1) is 27.2. The smallest absolute Gasteiger partial charge is 0 e. The third kappa shape index (κ3) is 8.94. The molecule has 0 amide bonds. The van der Waals surface area contributed by atoms with Gasteiger partial charge in [0.1, 0.15) is 0 Å². The van der Waals surface area contributed by atoms with Gasteiger partial charge in [-0.25, -0.2) is 0 Å². The fourth-order valence-electron chi connectivity index (χ4n) is 0. The molecule has 0 heterocycles. The third-order valence-electron chi connectivity index (χ3n) is 0. The summed E-state index contributed by atoms with van der Waals surface area (Å²) in [5.41, 5.74) is 0. The molecular weight excluding hydrogens is 371 g/mol. The minimum Gasteiger partial charge on any atom is -0.344 e. The van der Waals surface area contributed by atoms with E-state index in [4.69, 9.17) is 0 Å². The van der Waals surface area contributed by atoms with Gasteiger partial charge in [0.2, 0.25) is 0 Å². The molecule has 0 aromatic heterocycles. The Morgan fingerprint density at radius 1 is 0.750 bits per heavy atom.